The maximum Gasteiger partial charge on any atom is 0.181 e. The van der Waals surface area contributed by atoms with Crippen LogP contribution in [-0.2, 0) is 0 Å². The lowest BCUT2D eigenvalue weighted by Crippen LogP contribution is -1.84. The maximum atomic E-state index is 5.98. The van der Waals surface area contributed by atoms with Gasteiger partial charge in [-0.15, -0.1) is 0 Å². The first-order chi connectivity index (χ1) is 11.8. The largest absolute Gasteiger partial charge is 0.375 e. The van der Waals surface area contributed by atoms with Crippen molar-refractivity contribution < 1.29 is 0 Å². The molecule has 4 rings (SSSR count). The van der Waals surface area contributed by atoms with Gasteiger partial charge in [-0.25, -0.2) is 4.98 Å². The Kier molecular flexibility index (Phi) is 3.85. The van der Waals surface area contributed by atoms with Gasteiger partial charge < -0.3 is 5.73 Å². The molecule has 0 spiro atoms. The molecule has 0 saturated heterocycles. The monoisotopic (exact) mass is 328 g/mol. The molecule has 3 heteroatoms. The Labute approximate surface area is 145 Å². The van der Waals surface area contributed by atoms with Crippen LogP contribution in [0.4, 0.5) is 5.13 Å². The van der Waals surface area contributed by atoms with E-state index in [9.17, 15) is 0 Å². The van der Waals surface area contributed by atoms with Crippen molar-refractivity contribution >= 4 is 16.5 Å². The van der Waals surface area contributed by atoms with Gasteiger partial charge in [0.15, 0.2) is 5.13 Å². The van der Waals surface area contributed by atoms with Crippen LogP contribution in [0.3, 0.4) is 0 Å². The zero-order chi connectivity index (χ0) is 16.4. The first-order valence-corrected chi connectivity index (χ1v) is 8.60. The fourth-order valence-electron chi connectivity index (χ4n) is 2.77. The first kappa shape index (κ1) is 14.7. The summed E-state index contributed by atoms with van der Waals surface area (Å²) in [6.07, 6.45) is 0. The molecule has 0 aliphatic rings. The summed E-state index contributed by atoms with van der Waals surface area (Å²) in [5.74, 6) is 0. The van der Waals surface area contributed by atoms with Gasteiger partial charge in [0.1, 0.15) is 0 Å². The summed E-state index contributed by atoms with van der Waals surface area (Å²) in [7, 11) is 0. The number of hydrogen-bond acceptors (Lipinski definition) is 3. The molecule has 3 aromatic carbocycles. The van der Waals surface area contributed by atoms with Crippen LogP contribution in [0.25, 0.3) is 32.8 Å². The molecule has 0 aliphatic carbocycles. The number of anilines is 1. The van der Waals surface area contributed by atoms with Gasteiger partial charge in [0, 0.05) is 5.56 Å². The van der Waals surface area contributed by atoms with Crippen LogP contribution in [0, 0.1) is 0 Å². The molecule has 116 valence electrons. The second kappa shape index (κ2) is 6.30. The first-order valence-electron chi connectivity index (χ1n) is 7.79. The van der Waals surface area contributed by atoms with E-state index in [2.05, 4.69) is 65.6 Å². The molecule has 24 heavy (non-hydrogen) atoms. The predicted molar refractivity (Wildman–Crippen MR) is 103 cm³/mol. The molecule has 0 bridgehead atoms. The number of hydrogen-bond donors (Lipinski definition) is 1. The van der Waals surface area contributed by atoms with Crippen LogP contribution in [0.2, 0.25) is 0 Å². The minimum atomic E-state index is 0.594. The van der Waals surface area contributed by atoms with E-state index in [0.29, 0.717) is 5.13 Å². The van der Waals surface area contributed by atoms with E-state index >= 15 is 0 Å². The maximum absolute atomic E-state index is 5.98. The molecule has 4 aromatic rings. The lowest BCUT2D eigenvalue weighted by molar-refractivity contribution is 1.41. The van der Waals surface area contributed by atoms with Gasteiger partial charge in [0.25, 0.3) is 0 Å². The highest BCUT2D eigenvalue weighted by molar-refractivity contribution is 7.19. The molecule has 2 N–H and O–H groups in total. The van der Waals surface area contributed by atoms with E-state index in [1.54, 1.807) is 0 Å². The Morgan fingerprint density at radius 2 is 1.08 bits per heavy atom. The highest BCUT2D eigenvalue weighted by Gasteiger charge is 2.13. The van der Waals surface area contributed by atoms with Crippen molar-refractivity contribution in [3.63, 3.8) is 0 Å². The molecule has 0 unspecified atom stereocenters. The minimum Gasteiger partial charge on any atom is -0.375 e. The Hall–Kier alpha value is -2.91. The third-order valence-corrected chi connectivity index (χ3v) is 4.88. The number of rotatable bonds is 3. The topological polar surface area (TPSA) is 38.9 Å². The highest BCUT2D eigenvalue weighted by Crippen LogP contribution is 2.38. The Balaban J connectivity index is 1.75. The van der Waals surface area contributed by atoms with E-state index < -0.39 is 0 Å². The molecule has 1 aromatic heterocycles. The Bertz CT molecular complexity index is 942. The van der Waals surface area contributed by atoms with E-state index in [-0.39, 0.29) is 0 Å². The zero-order valence-corrected chi connectivity index (χ0v) is 13.8. The molecular formula is C21H16N2S. The van der Waals surface area contributed by atoms with Gasteiger partial charge in [0.05, 0.1) is 10.6 Å². The molecule has 0 fully saturated rings. The summed E-state index contributed by atoms with van der Waals surface area (Å²) in [5.41, 5.74) is 11.6. The van der Waals surface area contributed by atoms with Crippen LogP contribution >= 0.6 is 11.3 Å². The lowest BCUT2D eigenvalue weighted by atomic mass is 10.0. The summed E-state index contributed by atoms with van der Waals surface area (Å²) in [4.78, 5) is 5.64. The standard InChI is InChI=1S/C21H16N2S/c22-21-23-19(17-9-5-2-6-10-17)20(24-21)18-13-11-16(12-14-18)15-7-3-1-4-8-15/h1-14H,(H2,22,23). The van der Waals surface area contributed by atoms with Gasteiger partial charge in [-0.1, -0.05) is 96.3 Å². The molecule has 0 radical (unpaired) electrons. The fraction of sp³-hybridized carbons (Fsp3) is 0. The van der Waals surface area contributed by atoms with Crippen molar-refractivity contribution in [1.29, 1.82) is 0 Å². The quantitative estimate of drug-likeness (QED) is 0.522. The SMILES string of the molecule is Nc1nc(-c2ccccc2)c(-c2ccc(-c3ccccc3)cc2)s1. The number of benzene rings is 3. The van der Waals surface area contributed by atoms with Gasteiger partial charge in [-0.2, -0.15) is 0 Å². The molecule has 0 atom stereocenters. The van der Waals surface area contributed by atoms with Gasteiger partial charge in [-0.3, -0.25) is 0 Å². The Morgan fingerprint density at radius 3 is 1.71 bits per heavy atom. The predicted octanol–water partition coefficient (Wildman–Crippen LogP) is 5.73. The third-order valence-electron chi connectivity index (χ3n) is 3.95. The van der Waals surface area contributed by atoms with Crippen molar-refractivity contribution in [1.82, 2.24) is 4.98 Å². The zero-order valence-electron chi connectivity index (χ0n) is 13.0. The van der Waals surface area contributed by atoms with Gasteiger partial charge in [0.2, 0.25) is 0 Å². The van der Waals surface area contributed by atoms with Crippen LogP contribution in [-0.4, -0.2) is 4.98 Å². The van der Waals surface area contributed by atoms with Gasteiger partial charge in [-0.05, 0) is 16.7 Å². The van der Waals surface area contributed by atoms with Crippen molar-refractivity contribution in [3.8, 4) is 32.8 Å². The van der Waals surface area contributed by atoms with Crippen molar-refractivity contribution in [2.75, 3.05) is 5.73 Å². The van der Waals surface area contributed by atoms with Crippen LogP contribution < -0.4 is 5.73 Å². The van der Waals surface area contributed by atoms with Crippen molar-refractivity contribution in [2.24, 2.45) is 0 Å². The smallest absolute Gasteiger partial charge is 0.181 e. The Morgan fingerprint density at radius 1 is 0.583 bits per heavy atom. The van der Waals surface area contributed by atoms with E-state index in [0.717, 1.165) is 21.7 Å². The lowest BCUT2D eigenvalue weighted by Gasteiger charge is -2.05. The van der Waals surface area contributed by atoms with Crippen LogP contribution in [0.15, 0.2) is 84.9 Å². The number of nitrogens with two attached hydrogens (primary N) is 1. The van der Waals surface area contributed by atoms with Crippen LogP contribution in [0.1, 0.15) is 0 Å². The fourth-order valence-corrected chi connectivity index (χ4v) is 3.63. The summed E-state index contributed by atoms with van der Waals surface area (Å²) >= 11 is 1.53. The van der Waals surface area contributed by atoms with Crippen LogP contribution in [0.5, 0.6) is 0 Å². The average Bonchev–Trinajstić information content (AvgIpc) is 3.05. The number of nitrogens with zero attached hydrogens (tertiary/aromatic N) is 1. The molecule has 0 amide bonds. The molecule has 0 aliphatic heterocycles. The minimum absolute atomic E-state index is 0.594. The number of thiazole rings is 1. The summed E-state index contributed by atoms with van der Waals surface area (Å²) in [5, 5.41) is 0.594. The van der Waals surface area contributed by atoms with E-state index in [1.807, 2.05) is 24.3 Å². The molecule has 2 nitrogen and oxygen atoms in total. The molecule has 1 heterocycles. The van der Waals surface area contributed by atoms with Gasteiger partial charge >= 0.3 is 0 Å². The highest BCUT2D eigenvalue weighted by atomic mass is 32.1. The third kappa shape index (κ3) is 2.82. The van der Waals surface area contributed by atoms with E-state index in [4.69, 9.17) is 5.73 Å². The second-order valence-electron chi connectivity index (χ2n) is 5.54. The summed E-state index contributed by atoms with van der Waals surface area (Å²) in [6.45, 7) is 0. The average molecular weight is 328 g/mol. The van der Waals surface area contributed by atoms with Crippen molar-refractivity contribution in [2.45, 2.75) is 0 Å². The normalized spacial score (nSPS) is 10.7. The number of aromatic nitrogens is 1. The van der Waals surface area contributed by atoms with Crippen molar-refractivity contribution in [3.05, 3.63) is 84.9 Å². The number of nitrogen functional groups attached to an aromatic ring is 1. The molecular weight excluding hydrogens is 312 g/mol. The van der Waals surface area contributed by atoms with E-state index in [1.165, 1.54) is 22.5 Å². The summed E-state index contributed by atoms with van der Waals surface area (Å²) in [6, 6.07) is 29.1. The summed E-state index contributed by atoms with van der Waals surface area (Å²) < 4.78 is 0. The second-order valence-corrected chi connectivity index (χ2v) is 6.57. The molecule has 0 saturated carbocycles.